The van der Waals surface area contributed by atoms with Gasteiger partial charge in [-0.05, 0) is 40.5 Å². The van der Waals surface area contributed by atoms with E-state index in [1.807, 2.05) is 25.1 Å². The lowest BCUT2D eigenvalue weighted by Gasteiger charge is -2.06. The molecule has 1 N–H and O–H groups in total. The number of ether oxygens (including phenoxy) is 1. The smallest absolute Gasteiger partial charge is 0.314 e. The Labute approximate surface area is 127 Å². The fourth-order valence-corrected chi connectivity index (χ4v) is 2.45. The molecule has 0 fully saturated rings. The minimum Gasteiger partial charge on any atom is -0.483 e. The van der Waals surface area contributed by atoms with Gasteiger partial charge in [-0.2, -0.15) is 0 Å². The van der Waals surface area contributed by atoms with Crippen molar-refractivity contribution < 1.29 is 19.1 Å². The van der Waals surface area contributed by atoms with Crippen LogP contribution in [0.15, 0.2) is 32.3 Å². The van der Waals surface area contributed by atoms with E-state index < -0.39 is 5.97 Å². The van der Waals surface area contributed by atoms with Gasteiger partial charge in [0.1, 0.15) is 11.5 Å². The minimum absolute atomic E-state index is 0.119. The van der Waals surface area contributed by atoms with Gasteiger partial charge in [-0.3, -0.25) is 4.79 Å². The molecule has 6 nitrogen and oxygen atoms in total. The average molecular weight is 359 g/mol. The lowest BCUT2D eigenvalue weighted by Crippen LogP contribution is -1.97. The Morgan fingerprint density at radius 3 is 3.00 bits per heavy atom. The van der Waals surface area contributed by atoms with Gasteiger partial charge in [-0.15, -0.1) is 10.2 Å². The fraction of sp³-hybridized carbons (Fsp3) is 0.250. The molecule has 0 aliphatic carbocycles. The number of carbonyl (C=O) groups is 1. The van der Waals surface area contributed by atoms with Crippen molar-refractivity contribution in [2.45, 2.75) is 18.8 Å². The summed E-state index contributed by atoms with van der Waals surface area (Å²) in [5, 5.41) is 16.3. The lowest BCUT2D eigenvalue weighted by molar-refractivity contribution is -0.133. The maximum atomic E-state index is 10.4. The van der Waals surface area contributed by atoms with Crippen LogP contribution < -0.4 is 4.74 Å². The first-order valence-corrected chi connectivity index (χ1v) is 7.38. The van der Waals surface area contributed by atoms with Crippen LogP contribution in [0.2, 0.25) is 0 Å². The van der Waals surface area contributed by atoms with Gasteiger partial charge >= 0.3 is 5.97 Å². The first-order valence-electron chi connectivity index (χ1n) is 5.60. The van der Waals surface area contributed by atoms with E-state index >= 15 is 0 Å². The summed E-state index contributed by atoms with van der Waals surface area (Å²) in [6, 6.07) is 5.72. The molecule has 0 saturated carbocycles. The number of benzene rings is 1. The second-order valence-corrected chi connectivity index (χ2v) is 5.65. The molecule has 0 aliphatic heterocycles. The Hall–Kier alpha value is -1.54. The second kappa shape index (κ2) is 6.76. The van der Waals surface area contributed by atoms with Crippen LogP contribution in [0.3, 0.4) is 0 Å². The van der Waals surface area contributed by atoms with E-state index in [1.54, 1.807) is 0 Å². The summed E-state index contributed by atoms with van der Waals surface area (Å²) in [6.45, 7) is 2.11. The van der Waals surface area contributed by atoms with Crippen molar-refractivity contribution in [2.24, 2.45) is 0 Å². The molecule has 0 saturated heterocycles. The summed E-state index contributed by atoms with van der Waals surface area (Å²) in [7, 11) is 0. The summed E-state index contributed by atoms with van der Waals surface area (Å²) in [4.78, 5) is 10.4. The topological polar surface area (TPSA) is 85.5 Å². The average Bonchev–Trinajstić information content (AvgIpc) is 2.83. The van der Waals surface area contributed by atoms with Gasteiger partial charge in [0.25, 0.3) is 11.1 Å². The van der Waals surface area contributed by atoms with Crippen molar-refractivity contribution in [3.8, 4) is 5.75 Å². The first kappa shape index (κ1) is 14.9. The Kier molecular flexibility index (Phi) is 5.02. The fourth-order valence-electron chi connectivity index (χ4n) is 1.34. The van der Waals surface area contributed by atoms with Crippen LogP contribution in [0.5, 0.6) is 5.75 Å². The first-order chi connectivity index (χ1) is 9.54. The highest BCUT2D eigenvalue weighted by Gasteiger charge is 2.10. The van der Waals surface area contributed by atoms with Crippen molar-refractivity contribution in [3.05, 3.63) is 34.1 Å². The maximum absolute atomic E-state index is 10.4. The van der Waals surface area contributed by atoms with E-state index in [-0.39, 0.29) is 17.6 Å². The zero-order chi connectivity index (χ0) is 14.5. The third-order valence-electron chi connectivity index (χ3n) is 2.21. The summed E-state index contributed by atoms with van der Waals surface area (Å²) >= 11 is 4.38. The number of thioether (sulfide) groups is 1. The summed E-state index contributed by atoms with van der Waals surface area (Å²) in [6.07, 6.45) is 0. The molecule has 0 spiro atoms. The van der Waals surface area contributed by atoms with Crippen LogP contribution >= 0.6 is 27.7 Å². The van der Waals surface area contributed by atoms with E-state index in [0.717, 1.165) is 21.8 Å². The van der Waals surface area contributed by atoms with Gasteiger partial charge < -0.3 is 14.3 Å². The van der Waals surface area contributed by atoms with Crippen LogP contribution in [-0.4, -0.2) is 27.0 Å². The Morgan fingerprint density at radius 1 is 1.50 bits per heavy atom. The Bertz CT molecular complexity index is 617. The van der Waals surface area contributed by atoms with Crippen LogP contribution in [0.25, 0.3) is 0 Å². The molecule has 20 heavy (non-hydrogen) atoms. The zero-order valence-electron chi connectivity index (χ0n) is 10.5. The molecule has 2 rings (SSSR count). The molecule has 0 bridgehead atoms. The number of aliphatic carboxylic acids is 1. The molecular weight excluding hydrogens is 348 g/mol. The molecule has 0 atom stereocenters. The van der Waals surface area contributed by atoms with E-state index in [2.05, 4.69) is 26.1 Å². The number of aryl methyl sites for hydroxylation is 1. The molecule has 1 aromatic heterocycles. The molecule has 1 aromatic carbocycles. The summed E-state index contributed by atoms with van der Waals surface area (Å²) in [5.74, 6) is -0.0834. The molecule has 0 amide bonds. The van der Waals surface area contributed by atoms with Crippen LogP contribution in [0.1, 0.15) is 11.5 Å². The normalized spacial score (nSPS) is 10.5. The third kappa shape index (κ3) is 4.24. The van der Waals surface area contributed by atoms with Crippen molar-refractivity contribution in [3.63, 3.8) is 0 Å². The number of halogens is 1. The second-order valence-electron chi connectivity index (χ2n) is 3.87. The number of hydrogen-bond donors (Lipinski definition) is 1. The number of nitrogens with zero attached hydrogens (tertiary/aromatic N) is 2. The molecule has 0 unspecified atom stereocenters. The van der Waals surface area contributed by atoms with E-state index in [9.17, 15) is 4.79 Å². The molecule has 0 radical (unpaired) electrons. The molecule has 106 valence electrons. The Balaban J connectivity index is 1.92. The third-order valence-corrected chi connectivity index (χ3v) is 3.63. The van der Waals surface area contributed by atoms with Gasteiger partial charge in [0.15, 0.2) is 6.61 Å². The number of carboxylic acid groups (broad SMARTS) is 1. The van der Waals surface area contributed by atoms with Crippen LogP contribution in [0, 0.1) is 6.92 Å². The van der Waals surface area contributed by atoms with Crippen LogP contribution in [0.4, 0.5) is 0 Å². The van der Waals surface area contributed by atoms with Gasteiger partial charge in [0, 0.05) is 0 Å². The minimum atomic E-state index is -0.936. The van der Waals surface area contributed by atoms with Crippen molar-refractivity contribution >= 4 is 33.7 Å². The van der Waals surface area contributed by atoms with Gasteiger partial charge in [0.2, 0.25) is 0 Å². The number of aromatic nitrogens is 2. The van der Waals surface area contributed by atoms with Crippen molar-refractivity contribution in [1.82, 2.24) is 10.2 Å². The number of carboxylic acids is 1. The van der Waals surface area contributed by atoms with Crippen LogP contribution in [-0.2, 0) is 11.4 Å². The predicted octanol–water partition coefficient (Wildman–Crippen LogP) is 2.90. The Morgan fingerprint density at radius 2 is 2.30 bits per heavy atom. The lowest BCUT2D eigenvalue weighted by atomic mass is 10.2. The monoisotopic (exact) mass is 358 g/mol. The summed E-state index contributed by atoms with van der Waals surface area (Å²) in [5.41, 5.74) is 1.12. The zero-order valence-corrected chi connectivity index (χ0v) is 12.9. The quantitative estimate of drug-likeness (QED) is 0.794. The number of rotatable bonds is 6. The highest BCUT2D eigenvalue weighted by atomic mass is 79.9. The standard InChI is InChI=1S/C12H11BrN2O4S/c1-7-2-3-9(8(13)4-7)18-5-10-14-15-12(19-10)20-6-11(16)17/h2-4H,5-6H2,1H3,(H,16,17). The van der Waals surface area contributed by atoms with Gasteiger partial charge in [0.05, 0.1) is 4.47 Å². The van der Waals surface area contributed by atoms with Gasteiger partial charge in [-0.1, -0.05) is 17.8 Å². The van der Waals surface area contributed by atoms with Gasteiger partial charge in [-0.25, -0.2) is 0 Å². The molecule has 8 heteroatoms. The molecular formula is C12H11BrN2O4S. The SMILES string of the molecule is Cc1ccc(OCc2nnc(SCC(=O)O)o2)c(Br)c1. The molecule has 1 heterocycles. The van der Waals surface area contributed by atoms with E-state index in [4.69, 9.17) is 14.3 Å². The largest absolute Gasteiger partial charge is 0.483 e. The van der Waals surface area contributed by atoms with E-state index in [0.29, 0.717) is 11.6 Å². The molecule has 2 aromatic rings. The maximum Gasteiger partial charge on any atom is 0.314 e. The predicted molar refractivity (Wildman–Crippen MR) is 75.9 cm³/mol. The number of hydrogen-bond acceptors (Lipinski definition) is 6. The molecule has 0 aliphatic rings. The summed E-state index contributed by atoms with van der Waals surface area (Å²) < 4.78 is 11.6. The van der Waals surface area contributed by atoms with E-state index in [1.165, 1.54) is 0 Å². The van der Waals surface area contributed by atoms with Crippen molar-refractivity contribution in [2.75, 3.05) is 5.75 Å². The van der Waals surface area contributed by atoms with Crippen molar-refractivity contribution in [1.29, 1.82) is 0 Å². The highest BCUT2D eigenvalue weighted by Crippen LogP contribution is 2.26. The highest BCUT2D eigenvalue weighted by molar-refractivity contribution is 9.10.